The number of likely N-dealkylation sites (N-methyl/N-ethyl adjacent to an activating group) is 1. The number of fused-ring (bicyclic) bond motifs is 2. The van der Waals surface area contributed by atoms with Crippen LogP contribution in [0.5, 0.6) is 0 Å². The summed E-state index contributed by atoms with van der Waals surface area (Å²) in [6.45, 7) is 0.993. The van der Waals surface area contributed by atoms with Gasteiger partial charge in [0, 0.05) is 42.8 Å². The highest BCUT2D eigenvalue weighted by atomic mass is 35.5. The molecule has 0 aliphatic carbocycles. The molecule has 9 nitrogen and oxygen atoms in total. The second-order valence-electron chi connectivity index (χ2n) is 7.93. The largest absolute Gasteiger partial charge is 0.375 e. The molecule has 1 unspecified atom stereocenters. The van der Waals surface area contributed by atoms with E-state index in [1.807, 2.05) is 0 Å². The van der Waals surface area contributed by atoms with Crippen molar-refractivity contribution in [2.75, 3.05) is 33.3 Å². The van der Waals surface area contributed by atoms with Crippen LogP contribution in [0.2, 0.25) is 5.02 Å². The molecule has 1 aromatic carbocycles. The lowest BCUT2D eigenvalue weighted by atomic mass is 10.1. The van der Waals surface area contributed by atoms with Crippen LogP contribution in [0.15, 0.2) is 28.5 Å². The summed E-state index contributed by atoms with van der Waals surface area (Å²) < 4.78 is 34.5. The molecule has 1 N–H and O–H groups in total. The van der Waals surface area contributed by atoms with Crippen LogP contribution >= 0.6 is 34.3 Å². The van der Waals surface area contributed by atoms with Crippen molar-refractivity contribution in [2.24, 2.45) is 0 Å². The number of hydrogen-bond acceptors (Lipinski definition) is 8. The van der Waals surface area contributed by atoms with Crippen LogP contribution in [0.4, 0.5) is 0 Å². The number of carbonyl (C=O) groups excluding carboxylic acids is 2. The van der Waals surface area contributed by atoms with E-state index in [0.29, 0.717) is 29.7 Å². The van der Waals surface area contributed by atoms with Crippen molar-refractivity contribution in [1.29, 1.82) is 0 Å². The van der Waals surface area contributed by atoms with Gasteiger partial charge in [-0.05, 0) is 23.6 Å². The highest BCUT2D eigenvalue weighted by Crippen LogP contribution is 2.34. The first kappa shape index (κ1) is 23.6. The molecule has 5 rings (SSSR count). The molecular weight excluding hydrogens is 520 g/mol. The molecule has 0 radical (unpaired) electrons. The molecule has 1 fully saturated rings. The van der Waals surface area contributed by atoms with Gasteiger partial charge in [-0.2, -0.15) is 4.31 Å². The molecule has 3 aromatic rings. The van der Waals surface area contributed by atoms with Crippen molar-refractivity contribution in [2.45, 2.75) is 23.3 Å². The third kappa shape index (κ3) is 4.23. The Kier molecular flexibility index (Phi) is 6.38. The minimum Gasteiger partial charge on any atom is -0.375 e. The Morgan fingerprint density at radius 1 is 1.24 bits per heavy atom. The molecule has 13 heteroatoms. The van der Waals surface area contributed by atoms with Gasteiger partial charge in [-0.3, -0.25) is 9.59 Å². The SMILES string of the molecule is CNC(=O)C1CN(S(=O)(=O)c2cc3ccc(Cl)cc3s2)CCN1C(=O)c1nc2c(s1)COCC2. The highest BCUT2D eigenvalue weighted by molar-refractivity contribution is 7.91. The fraction of sp³-hybridized carbons (Fsp3) is 0.381. The van der Waals surface area contributed by atoms with Crippen molar-refractivity contribution in [3.05, 3.63) is 44.9 Å². The fourth-order valence-corrected chi connectivity index (χ4v) is 8.35. The van der Waals surface area contributed by atoms with Crippen LogP contribution in [-0.4, -0.2) is 73.8 Å². The number of benzene rings is 1. The first-order valence-corrected chi connectivity index (χ1v) is 14.0. The summed E-state index contributed by atoms with van der Waals surface area (Å²) in [4.78, 5) is 32.8. The quantitative estimate of drug-likeness (QED) is 0.544. The molecule has 34 heavy (non-hydrogen) atoms. The second kappa shape index (κ2) is 9.17. The third-order valence-corrected chi connectivity index (χ3v) is 10.6. The van der Waals surface area contributed by atoms with E-state index in [1.165, 1.54) is 27.6 Å². The smallest absolute Gasteiger partial charge is 0.283 e. The van der Waals surface area contributed by atoms with Gasteiger partial charge in [0.25, 0.3) is 15.9 Å². The number of nitrogens with one attached hydrogen (secondary N) is 1. The number of thiophene rings is 1. The number of sulfonamides is 1. The van der Waals surface area contributed by atoms with Gasteiger partial charge in [0.1, 0.15) is 10.3 Å². The minimum absolute atomic E-state index is 0.0742. The predicted octanol–water partition coefficient (Wildman–Crippen LogP) is 2.35. The van der Waals surface area contributed by atoms with Crippen molar-refractivity contribution in [3.8, 4) is 0 Å². The number of ether oxygens (including phenoxy) is 1. The third-order valence-electron chi connectivity index (χ3n) is 5.88. The molecule has 1 saturated heterocycles. The predicted molar refractivity (Wildman–Crippen MR) is 130 cm³/mol. The van der Waals surface area contributed by atoms with Gasteiger partial charge in [-0.1, -0.05) is 17.7 Å². The lowest BCUT2D eigenvalue weighted by molar-refractivity contribution is -0.126. The van der Waals surface area contributed by atoms with E-state index in [0.717, 1.165) is 32.0 Å². The average Bonchev–Trinajstić information content (AvgIpc) is 3.47. The van der Waals surface area contributed by atoms with Crippen molar-refractivity contribution < 1.29 is 22.7 Å². The van der Waals surface area contributed by atoms with Gasteiger partial charge < -0.3 is 15.0 Å². The number of carbonyl (C=O) groups is 2. The van der Waals surface area contributed by atoms with Crippen LogP contribution in [0, 0.1) is 0 Å². The van der Waals surface area contributed by atoms with E-state index in [9.17, 15) is 18.0 Å². The zero-order chi connectivity index (χ0) is 24.0. The van der Waals surface area contributed by atoms with E-state index in [-0.39, 0.29) is 29.8 Å². The number of thiazole rings is 1. The number of piperazine rings is 1. The first-order valence-electron chi connectivity index (χ1n) is 10.6. The van der Waals surface area contributed by atoms with Gasteiger partial charge in [0.2, 0.25) is 5.91 Å². The Hall–Kier alpha value is -2.09. The summed E-state index contributed by atoms with van der Waals surface area (Å²) in [5.41, 5.74) is 0.849. The van der Waals surface area contributed by atoms with Gasteiger partial charge in [-0.25, -0.2) is 13.4 Å². The molecule has 2 aliphatic rings. The number of amides is 2. The zero-order valence-corrected chi connectivity index (χ0v) is 21.3. The maximum absolute atomic E-state index is 13.4. The summed E-state index contributed by atoms with van der Waals surface area (Å²) in [6.07, 6.45) is 0.643. The molecule has 0 saturated carbocycles. The van der Waals surface area contributed by atoms with Gasteiger partial charge in [0.15, 0.2) is 5.01 Å². The van der Waals surface area contributed by atoms with E-state index >= 15 is 0 Å². The van der Waals surface area contributed by atoms with Crippen molar-refractivity contribution in [3.63, 3.8) is 0 Å². The van der Waals surface area contributed by atoms with E-state index < -0.39 is 22.0 Å². The summed E-state index contributed by atoms with van der Waals surface area (Å²) in [7, 11) is -2.40. The molecule has 0 spiro atoms. The van der Waals surface area contributed by atoms with Gasteiger partial charge in [0.05, 0.1) is 23.8 Å². The number of halogens is 1. The summed E-state index contributed by atoms with van der Waals surface area (Å²) >= 11 is 8.44. The molecule has 2 aliphatic heterocycles. The first-order chi connectivity index (χ1) is 16.3. The summed E-state index contributed by atoms with van der Waals surface area (Å²) in [6, 6.07) is 5.85. The van der Waals surface area contributed by atoms with Crippen molar-refractivity contribution in [1.82, 2.24) is 19.5 Å². The Morgan fingerprint density at radius 3 is 2.82 bits per heavy atom. The van der Waals surface area contributed by atoms with Crippen molar-refractivity contribution >= 4 is 66.2 Å². The van der Waals surface area contributed by atoms with E-state index in [4.69, 9.17) is 16.3 Å². The van der Waals surface area contributed by atoms with E-state index in [2.05, 4.69) is 10.3 Å². The molecule has 180 valence electrons. The number of rotatable bonds is 4. The maximum Gasteiger partial charge on any atom is 0.283 e. The Labute approximate surface area is 209 Å². The Bertz CT molecular complexity index is 1360. The number of aromatic nitrogens is 1. The lowest BCUT2D eigenvalue weighted by Crippen LogP contribution is -2.61. The standard InChI is InChI=1S/C21H21ClN4O5S3/c1-23-19(27)15-10-25(34(29,30)18-8-12-2-3-13(22)9-16(12)32-18)5-6-26(15)21(28)20-24-14-4-7-31-11-17(14)33-20/h2-3,8-9,15H,4-7,10-11H2,1H3,(H,23,27). The Morgan fingerprint density at radius 2 is 2.06 bits per heavy atom. The molecule has 4 heterocycles. The Balaban J connectivity index is 1.41. The normalized spacial score (nSPS) is 19.2. The molecular formula is C21H21ClN4O5S3. The lowest BCUT2D eigenvalue weighted by Gasteiger charge is -2.39. The van der Waals surface area contributed by atoms with Gasteiger partial charge >= 0.3 is 0 Å². The fourth-order valence-electron chi connectivity index (χ4n) is 4.08. The van der Waals surface area contributed by atoms with E-state index in [1.54, 1.807) is 24.3 Å². The second-order valence-corrected chi connectivity index (χ2v) is 12.7. The summed E-state index contributed by atoms with van der Waals surface area (Å²) in [5, 5.41) is 4.16. The molecule has 0 bridgehead atoms. The number of nitrogens with zero attached hydrogens (tertiary/aromatic N) is 3. The highest BCUT2D eigenvalue weighted by Gasteiger charge is 2.41. The molecule has 2 amide bonds. The van der Waals surface area contributed by atoms with Crippen LogP contribution in [0.25, 0.3) is 10.1 Å². The topological polar surface area (TPSA) is 109 Å². The van der Waals surface area contributed by atoms with Crippen LogP contribution in [0.1, 0.15) is 20.4 Å². The molecule has 1 atom stereocenters. The van der Waals surface area contributed by atoms with Crippen LogP contribution < -0.4 is 5.32 Å². The minimum atomic E-state index is -3.87. The van der Waals surface area contributed by atoms with Crippen LogP contribution in [0.3, 0.4) is 0 Å². The zero-order valence-electron chi connectivity index (χ0n) is 18.1. The monoisotopic (exact) mass is 540 g/mol. The maximum atomic E-state index is 13.4. The summed E-state index contributed by atoms with van der Waals surface area (Å²) in [5.74, 6) is -0.803. The molecule has 2 aromatic heterocycles. The van der Waals surface area contributed by atoms with Crippen LogP contribution in [-0.2, 0) is 32.6 Å². The van der Waals surface area contributed by atoms with Gasteiger partial charge in [-0.15, -0.1) is 22.7 Å². The number of hydrogen-bond donors (Lipinski definition) is 1. The average molecular weight is 541 g/mol.